The number of hydrogen-bond donors (Lipinski definition) is 1. The van der Waals surface area contributed by atoms with Gasteiger partial charge < -0.3 is 19.5 Å². The maximum atomic E-state index is 11.3. The van der Waals surface area contributed by atoms with Crippen LogP contribution in [0.3, 0.4) is 0 Å². The number of oxazole rings is 1. The minimum Gasteiger partial charge on any atom is -0.490 e. The highest BCUT2D eigenvalue weighted by molar-refractivity contribution is 5.87. The van der Waals surface area contributed by atoms with Crippen LogP contribution in [0.2, 0.25) is 0 Å². The second-order valence-corrected chi connectivity index (χ2v) is 8.38. The van der Waals surface area contributed by atoms with Crippen LogP contribution in [-0.4, -0.2) is 39.6 Å². The van der Waals surface area contributed by atoms with Crippen LogP contribution in [0.5, 0.6) is 5.75 Å². The standard InChI is InChI=1S/C23H28N4O3/c24-22(28)14-27-13-10-17-19(27)5-3-7-20(17)29-16-8-11-26(12-9-16)15-23-25-18-4-1-2-6-21(18)30-23/h3,5,7,10,13,16H,1-2,4,6,8-9,11-12,14-15H2,(H2,24,28). The third-order valence-electron chi connectivity index (χ3n) is 6.18. The number of aryl methyl sites for hydroxylation is 2. The van der Waals surface area contributed by atoms with Crippen LogP contribution in [0.4, 0.5) is 0 Å². The monoisotopic (exact) mass is 408 g/mol. The first-order chi connectivity index (χ1) is 14.7. The molecule has 30 heavy (non-hydrogen) atoms. The summed E-state index contributed by atoms with van der Waals surface area (Å²) in [5.41, 5.74) is 7.49. The number of primary amides is 1. The highest BCUT2D eigenvalue weighted by atomic mass is 16.5. The highest BCUT2D eigenvalue weighted by Gasteiger charge is 2.24. The van der Waals surface area contributed by atoms with Crippen LogP contribution in [0.25, 0.3) is 10.9 Å². The van der Waals surface area contributed by atoms with E-state index in [2.05, 4.69) is 4.90 Å². The predicted molar refractivity (Wildman–Crippen MR) is 113 cm³/mol. The number of carbonyl (C=O) groups is 1. The summed E-state index contributed by atoms with van der Waals surface area (Å²) in [6.07, 6.45) is 8.54. The quantitative estimate of drug-likeness (QED) is 0.677. The number of carbonyl (C=O) groups excluding carboxylic acids is 1. The summed E-state index contributed by atoms with van der Waals surface area (Å²) in [5.74, 6) is 2.49. The maximum absolute atomic E-state index is 11.3. The van der Waals surface area contributed by atoms with Gasteiger partial charge in [0.05, 0.1) is 17.8 Å². The number of rotatable bonds is 6. The first kappa shape index (κ1) is 19.2. The van der Waals surface area contributed by atoms with Crippen molar-refractivity contribution in [1.82, 2.24) is 14.5 Å². The van der Waals surface area contributed by atoms with Gasteiger partial charge >= 0.3 is 0 Å². The third-order valence-corrected chi connectivity index (χ3v) is 6.18. The van der Waals surface area contributed by atoms with Gasteiger partial charge in [0.15, 0.2) is 0 Å². The molecule has 0 bridgehead atoms. The Kier molecular flexibility index (Phi) is 5.21. The van der Waals surface area contributed by atoms with E-state index >= 15 is 0 Å². The van der Waals surface area contributed by atoms with E-state index in [1.165, 1.54) is 18.5 Å². The number of amides is 1. The van der Waals surface area contributed by atoms with Crippen LogP contribution in [-0.2, 0) is 30.7 Å². The SMILES string of the molecule is NC(=O)Cn1ccc2c(OC3CCN(Cc4nc5c(o4)CCCC5)CC3)cccc21. The summed E-state index contributed by atoms with van der Waals surface area (Å²) in [6.45, 7) is 2.90. The van der Waals surface area contributed by atoms with Crippen molar-refractivity contribution >= 4 is 16.8 Å². The minimum atomic E-state index is -0.349. The summed E-state index contributed by atoms with van der Waals surface area (Å²) in [4.78, 5) is 18.4. The molecule has 0 saturated carbocycles. The van der Waals surface area contributed by atoms with Crippen LogP contribution >= 0.6 is 0 Å². The number of ether oxygens (including phenoxy) is 1. The second kappa shape index (κ2) is 8.14. The molecule has 7 nitrogen and oxygen atoms in total. The molecule has 0 radical (unpaired) electrons. The predicted octanol–water partition coefficient (Wildman–Crippen LogP) is 3.04. The van der Waals surface area contributed by atoms with Gasteiger partial charge in [0.25, 0.3) is 0 Å². The van der Waals surface area contributed by atoms with Gasteiger partial charge in [0.1, 0.15) is 24.2 Å². The average Bonchev–Trinajstić information content (AvgIpc) is 3.33. The van der Waals surface area contributed by atoms with Gasteiger partial charge in [0, 0.05) is 31.1 Å². The van der Waals surface area contributed by atoms with Crippen LogP contribution in [0.15, 0.2) is 34.9 Å². The molecule has 1 fully saturated rings. The Bertz CT molecular complexity index is 1020. The van der Waals surface area contributed by atoms with E-state index in [0.29, 0.717) is 0 Å². The summed E-state index contributed by atoms with van der Waals surface area (Å²) >= 11 is 0. The molecule has 0 spiro atoms. The number of piperidine rings is 1. The van der Waals surface area contributed by atoms with Crippen molar-refractivity contribution < 1.29 is 13.9 Å². The molecule has 1 aliphatic heterocycles. The van der Waals surface area contributed by atoms with E-state index < -0.39 is 0 Å². The largest absolute Gasteiger partial charge is 0.490 e. The zero-order chi connectivity index (χ0) is 20.5. The lowest BCUT2D eigenvalue weighted by Crippen LogP contribution is -2.37. The first-order valence-electron chi connectivity index (χ1n) is 10.9. The van der Waals surface area contributed by atoms with Gasteiger partial charge in [-0.25, -0.2) is 4.98 Å². The summed E-state index contributed by atoms with van der Waals surface area (Å²) in [6, 6.07) is 7.95. The molecule has 3 heterocycles. The Balaban J connectivity index is 1.20. The fourth-order valence-electron chi connectivity index (χ4n) is 4.63. The van der Waals surface area contributed by atoms with Gasteiger partial charge in [-0.1, -0.05) is 6.07 Å². The molecular weight excluding hydrogens is 380 g/mol. The Morgan fingerprint density at radius 1 is 1.20 bits per heavy atom. The molecule has 1 amide bonds. The fourth-order valence-corrected chi connectivity index (χ4v) is 4.63. The van der Waals surface area contributed by atoms with Crippen LogP contribution in [0.1, 0.15) is 43.0 Å². The Hall–Kier alpha value is -2.80. The molecule has 1 saturated heterocycles. The molecule has 2 N–H and O–H groups in total. The van der Waals surface area contributed by atoms with Crippen molar-refractivity contribution in [2.24, 2.45) is 5.73 Å². The number of benzene rings is 1. The van der Waals surface area contributed by atoms with Crippen molar-refractivity contribution in [3.63, 3.8) is 0 Å². The minimum absolute atomic E-state index is 0.176. The summed E-state index contributed by atoms with van der Waals surface area (Å²) < 4.78 is 14.2. The molecule has 0 unspecified atom stereocenters. The average molecular weight is 409 g/mol. The molecule has 158 valence electrons. The van der Waals surface area contributed by atoms with E-state index in [9.17, 15) is 4.79 Å². The Morgan fingerprint density at radius 2 is 2.03 bits per heavy atom. The topological polar surface area (TPSA) is 86.5 Å². The molecule has 2 aliphatic rings. The van der Waals surface area contributed by atoms with E-state index in [-0.39, 0.29) is 18.6 Å². The number of nitrogens with zero attached hydrogens (tertiary/aromatic N) is 3. The lowest BCUT2D eigenvalue weighted by Gasteiger charge is -2.31. The van der Waals surface area contributed by atoms with Crippen LogP contribution < -0.4 is 10.5 Å². The molecule has 1 aliphatic carbocycles. The molecule has 5 rings (SSSR count). The molecule has 1 aromatic carbocycles. The first-order valence-corrected chi connectivity index (χ1v) is 10.9. The van der Waals surface area contributed by atoms with Crippen molar-refractivity contribution in [1.29, 1.82) is 0 Å². The van der Waals surface area contributed by atoms with Gasteiger partial charge in [-0.15, -0.1) is 0 Å². The normalized spacial score (nSPS) is 17.9. The lowest BCUT2D eigenvalue weighted by atomic mass is 10.0. The van der Waals surface area contributed by atoms with E-state index in [1.54, 1.807) is 0 Å². The highest BCUT2D eigenvalue weighted by Crippen LogP contribution is 2.29. The number of fused-ring (bicyclic) bond motifs is 2. The van der Waals surface area contributed by atoms with Gasteiger partial charge in [-0.05, 0) is 50.3 Å². The number of likely N-dealkylation sites (tertiary alicyclic amines) is 1. The molecule has 0 atom stereocenters. The molecule has 7 heteroatoms. The van der Waals surface area contributed by atoms with Crippen molar-refractivity contribution in [3.05, 3.63) is 47.8 Å². The van der Waals surface area contributed by atoms with Gasteiger partial charge in [-0.2, -0.15) is 0 Å². The van der Waals surface area contributed by atoms with Crippen LogP contribution in [0, 0.1) is 0 Å². The molecular formula is C23H28N4O3. The van der Waals surface area contributed by atoms with Crippen molar-refractivity contribution in [2.45, 2.75) is 57.7 Å². The zero-order valence-corrected chi connectivity index (χ0v) is 17.2. The second-order valence-electron chi connectivity index (χ2n) is 8.38. The van der Waals surface area contributed by atoms with Crippen molar-refractivity contribution in [3.8, 4) is 5.75 Å². The molecule has 3 aromatic rings. The smallest absolute Gasteiger partial charge is 0.237 e. The van der Waals surface area contributed by atoms with E-state index in [1.807, 2.05) is 35.0 Å². The zero-order valence-electron chi connectivity index (χ0n) is 17.2. The summed E-state index contributed by atoms with van der Waals surface area (Å²) in [5, 5.41) is 1.02. The molecule has 2 aromatic heterocycles. The van der Waals surface area contributed by atoms with Crippen molar-refractivity contribution in [2.75, 3.05) is 13.1 Å². The summed E-state index contributed by atoms with van der Waals surface area (Å²) in [7, 11) is 0. The Morgan fingerprint density at radius 3 is 2.83 bits per heavy atom. The number of hydrogen-bond acceptors (Lipinski definition) is 5. The third kappa shape index (κ3) is 3.94. The number of aromatic nitrogens is 2. The number of nitrogens with two attached hydrogens (primary N) is 1. The lowest BCUT2D eigenvalue weighted by molar-refractivity contribution is -0.118. The van der Waals surface area contributed by atoms with E-state index in [4.69, 9.17) is 19.9 Å². The Labute approximate surface area is 175 Å². The van der Waals surface area contributed by atoms with Gasteiger partial charge in [-0.3, -0.25) is 9.69 Å². The fraction of sp³-hybridized carbons (Fsp3) is 0.478. The maximum Gasteiger partial charge on any atom is 0.237 e. The van der Waals surface area contributed by atoms with E-state index in [0.717, 1.165) is 73.6 Å². The van der Waals surface area contributed by atoms with Gasteiger partial charge in [0.2, 0.25) is 11.8 Å².